The second kappa shape index (κ2) is 9.45. The fraction of sp³-hybridized carbons (Fsp3) is 0.571. The Hall–Kier alpha value is -2.02. The number of hydrogen-bond donors (Lipinski definition) is 0. The van der Waals surface area contributed by atoms with Crippen LogP contribution >= 0.6 is 0 Å². The third-order valence-electron chi connectivity index (χ3n) is 8.55. The van der Waals surface area contributed by atoms with E-state index in [0.717, 1.165) is 5.56 Å². The number of rotatable bonds is 8. The molecule has 2 aliphatic carbocycles. The second-order valence-corrected chi connectivity index (χ2v) is 10.5. The zero-order valence-corrected chi connectivity index (χ0v) is 20.3. The molecule has 0 spiro atoms. The van der Waals surface area contributed by atoms with Gasteiger partial charge >= 0.3 is 12.4 Å². The Kier molecular flexibility index (Phi) is 7.04. The van der Waals surface area contributed by atoms with Crippen molar-refractivity contribution in [2.45, 2.75) is 94.1 Å². The van der Waals surface area contributed by atoms with E-state index in [4.69, 9.17) is 0 Å². The van der Waals surface area contributed by atoms with Crippen LogP contribution in [0.2, 0.25) is 0 Å². The zero-order valence-electron chi connectivity index (χ0n) is 20.3. The SMILES string of the molecule is CC(CCc1c(C2(C(F)(F)F)CCC2)cccc1C1(C(F)(F)F)CCC1)N(C)Cc1ccccc1. The fourth-order valence-corrected chi connectivity index (χ4v) is 5.83. The second-order valence-electron chi connectivity index (χ2n) is 10.5. The Labute approximate surface area is 203 Å². The molecule has 0 bridgehead atoms. The molecule has 2 aromatic carbocycles. The summed E-state index contributed by atoms with van der Waals surface area (Å²) in [4.78, 5) is 2.10. The van der Waals surface area contributed by atoms with Crippen molar-refractivity contribution in [1.29, 1.82) is 0 Å². The molecule has 2 aromatic rings. The minimum absolute atomic E-state index is 0.0115. The molecular formula is C28H33F6N. The molecule has 35 heavy (non-hydrogen) atoms. The molecule has 7 heteroatoms. The van der Waals surface area contributed by atoms with Gasteiger partial charge in [0.05, 0.1) is 10.8 Å². The summed E-state index contributed by atoms with van der Waals surface area (Å²) in [6, 6.07) is 14.1. The van der Waals surface area contributed by atoms with E-state index in [0.29, 0.717) is 25.8 Å². The standard InChI is InChI=1S/C28H33F6N/c1-20(35(2)19-21-9-4-3-5-10-21)13-14-22-23(25(15-7-16-25)27(29,30)31)11-6-12-24(22)26(17-8-18-26)28(32,33)34/h3-6,9-12,20H,7-8,13-19H2,1-2H3. The Morgan fingerprint density at radius 1 is 0.771 bits per heavy atom. The van der Waals surface area contributed by atoms with Crippen molar-refractivity contribution < 1.29 is 26.3 Å². The van der Waals surface area contributed by atoms with Crippen LogP contribution in [0.3, 0.4) is 0 Å². The molecule has 0 aliphatic heterocycles. The van der Waals surface area contributed by atoms with Gasteiger partial charge in [-0.2, -0.15) is 26.3 Å². The summed E-state index contributed by atoms with van der Waals surface area (Å²) in [6.07, 6.45) is -7.67. The molecule has 2 saturated carbocycles. The van der Waals surface area contributed by atoms with E-state index in [1.165, 1.54) is 18.2 Å². The smallest absolute Gasteiger partial charge is 0.299 e. The first-order chi connectivity index (χ1) is 16.4. The summed E-state index contributed by atoms with van der Waals surface area (Å²) < 4.78 is 85.9. The molecule has 0 heterocycles. The molecule has 2 aliphatic rings. The maximum Gasteiger partial charge on any atom is 0.398 e. The number of halogens is 6. The lowest BCUT2D eigenvalue weighted by atomic mass is 9.58. The molecular weight excluding hydrogens is 464 g/mol. The van der Waals surface area contributed by atoms with Gasteiger partial charge in [-0.15, -0.1) is 0 Å². The van der Waals surface area contributed by atoms with Crippen molar-refractivity contribution in [3.05, 3.63) is 70.8 Å². The van der Waals surface area contributed by atoms with E-state index in [2.05, 4.69) is 4.90 Å². The van der Waals surface area contributed by atoms with Gasteiger partial charge in [-0.05, 0) is 74.8 Å². The molecule has 0 N–H and O–H groups in total. The van der Waals surface area contributed by atoms with Crippen LogP contribution in [-0.4, -0.2) is 30.3 Å². The van der Waals surface area contributed by atoms with E-state index < -0.39 is 23.2 Å². The summed E-state index contributed by atoms with van der Waals surface area (Å²) in [5, 5.41) is 0. The van der Waals surface area contributed by atoms with E-state index in [1.54, 1.807) is 0 Å². The zero-order chi connectivity index (χ0) is 25.5. The maximum absolute atomic E-state index is 14.3. The average molecular weight is 498 g/mol. The van der Waals surface area contributed by atoms with Crippen LogP contribution in [0.1, 0.15) is 74.1 Å². The van der Waals surface area contributed by atoms with Crippen LogP contribution in [0, 0.1) is 0 Å². The quantitative estimate of drug-likeness (QED) is 0.333. The van der Waals surface area contributed by atoms with Crippen molar-refractivity contribution in [1.82, 2.24) is 4.90 Å². The largest absolute Gasteiger partial charge is 0.398 e. The van der Waals surface area contributed by atoms with Crippen molar-refractivity contribution in [3.8, 4) is 0 Å². The summed E-state index contributed by atoms with van der Waals surface area (Å²) in [6.45, 7) is 2.65. The highest BCUT2D eigenvalue weighted by Gasteiger charge is 2.63. The van der Waals surface area contributed by atoms with Crippen LogP contribution in [0.15, 0.2) is 48.5 Å². The third kappa shape index (κ3) is 4.61. The molecule has 1 unspecified atom stereocenters. The lowest BCUT2D eigenvalue weighted by Gasteiger charge is -2.48. The topological polar surface area (TPSA) is 3.24 Å². The van der Waals surface area contributed by atoms with Crippen molar-refractivity contribution >= 4 is 0 Å². The Morgan fingerprint density at radius 3 is 1.66 bits per heavy atom. The summed E-state index contributed by atoms with van der Waals surface area (Å²) in [7, 11) is 1.94. The predicted molar refractivity (Wildman–Crippen MR) is 125 cm³/mol. The van der Waals surface area contributed by atoms with Gasteiger partial charge in [0.15, 0.2) is 0 Å². The minimum atomic E-state index is -4.49. The highest BCUT2D eigenvalue weighted by Crippen LogP contribution is 2.59. The third-order valence-corrected chi connectivity index (χ3v) is 8.55. The van der Waals surface area contributed by atoms with Crippen molar-refractivity contribution in [2.24, 2.45) is 0 Å². The first kappa shape index (κ1) is 26.1. The molecule has 1 atom stereocenters. The lowest BCUT2D eigenvalue weighted by molar-refractivity contribution is -0.215. The van der Waals surface area contributed by atoms with E-state index in [9.17, 15) is 26.3 Å². The van der Waals surface area contributed by atoms with Crippen LogP contribution in [0.4, 0.5) is 26.3 Å². The Bertz CT molecular complexity index is 952. The van der Waals surface area contributed by atoms with Gasteiger partial charge in [0.1, 0.15) is 0 Å². The minimum Gasteiger partial charge on any atom is -0.299 e. The highest BCUT2D eigenvalue weighted by molar-refractivity contribution is 5.48. The van der Waals surface area contributed by atoms with Gasteiger partial charge in [0, 0.05) is 12.6 Å². The van der Waals surface area contributed by atoms with Crippen molar-refractivity contribution in [3.63, 3.8) is 0 Å². The van der Waals surface area contributed by atoms with Gasteiger partial charge < -0.3 is 0 Å². The molecule has 0 radical (unpaired) electrons. The fourth-order valence-electron chi connectivity index (χ4n) is 5.83. The van der Waals surface area contributed by atoms with Gasteiger partial charge in [0.25, 0.3) is 0 Å². The first-order valence-corrected chi connectivity index (χ1v) is 12.4. The molecule has 1 nitrogen and oxygen atoms in total. The van der Waals surface area contributed by atoms with Gasteiger partial charge in [-0.1, -0.05) is 61.4 Å². The molecule has 0 saturated heterocycles. The molecule has 2 fully saturated rings. The van der Waals surface area contributed by atoms with Gasteiger partial charge in [-0.3, -0.25) is 4.90 Å². The maximum atomic E-state index is 14.3. The molecule has 0 amide bonds. The lowest BCUT2D eigenvalue weighted by Crippen LogP contribution is -2.51. The normalized spacial score (nSPS) is 20.3. The predicted octanol–water partition coefficient (Wildman–Crippen LogP) is 8.11. The van der Waals surface area contributed by atoms with Crippen molar-refractivity contribution in [2.75, 3.05) is 7.05 Å². The summed E-state index contributed by atoms with van der Waals surface area (Å²) in [5.74, 6) is 0. The Morgan fingerprint density at radius 2 is 1.26 bits per heavy atom. The summed E-state index contributed by atoms with van der Waals surface area (Å²) in [5.41, 5.74) is -2.54. The Balaban J connectivity index is 1.69. The summed E-state index contributed by atoms with van der Waals surface area (Å²) >= 11 is 0. The highest BCUT2D eigenvalue weighted by atomic mass is 19.4. The number of hydrogen-bond acceptors (Lipinski definition) is 1. The van der Waals surface area contributed by atoms with Crippen LogP contribution < -0.4 is 0 Å². The molecule has 192 valence electrons. The van der Waals surface area contributed by atoms with Crippen LogP contribution in [0.25, 0.3) is 0 Å². The number of benzene rings is 2. The first-order valence-electron chi connectivity index (χ1n) is 12.4. The van der Waals surface area contributed by atoms with Crippen LogP contribution in [0.5, 0.6) is 0 Å². The van der Waals surface area contributed by atoms with E-state index in [-0.39, 0.29) is 54.8 Å². The monoisotopic (exact) mass is 497 g/mol. The molecule has 4 rings (SSSR count). The van der Waals surface area contributed by atoms with Gasteiger partial charge in [-0.25, -0.2) is 0 Å². The number of alkyl halides is 6. The number of nitrogens with zero attached hydrogens (tertiary/aromatic N) is 1. The van der Waals surface area contributed by atoms with Gasteiger partial charge in [0.2, 0.25) is 0 Å². The van der Waals surface area contributed by atoms with Crippen LogP contribution in [-0.2, 0) is 23.8 Å². The van der Waals surface area contributed by atoms with E-state index in [1.807, 2.05) is 44.3 Å². The van der Waals surface area contributed by atoms with E-state index >= 15 is 0 Å². The molecule has 0 aromatic heterocycles. The average Bonchev–Trinajstić information content (AvgIpc) is 2.70.